The molecule has 180 valence electrons. The number of hydrogen-bond donors (Lipinski definition) is 0. The van der Waals surface area contributed by atoms with Crippen molar-refractivity contribution in [1.29, 1.82) is 10.5 Å². The molecule has 0 radical (unpaired) electrons. The van der Waals surface area contributed by atoms with Gasteiger partial charge in [0.25, 0.3) is 0 Å². The molecule has 0 saturated heterocycles. The lowest BCUT2D eigenvalue weighted by Gasteiger charge is -2.45. The Hall–Kier alpha value is -3.24. The fraction of sp³-hybridized carbons (Fsp3) is 0.484. The summed E-state index contributed by atoms with van der Waals surface area (Å²) in [5.74, 6) is 2.51. The minimum Gasteiger partial charge on any atom is -0.461 e. The first-order valence-corrected chi connectivity index (χ1v) is 13.2. The van der Waals surface area contributed by atoms with E-state index in [2.05, 4.69) is 56.0 Å². The van der Waals surface area contributed by atoms with E-state index in [1.165, 1.54) is 54.5 Å². The number of hydrogen-bond acceptors (Lipinski definition) is 4. The first kappa shape index (κ1) is 23.5. The Morgan fingerprint density at radius 3 is 2.54 bits per heavy atom. The zero-order chi connectivity index (χ0) is 24.6. The summed E-state index contributed by atoms with van der Waals surface area (Å²) < 4.78 is 6.35. The molecule has 0 N–H and O–H groups in total. The van der Waals surface area contributed by atoms with Gasteiger partial charge in [-0.3, -0.25) is 0 Å². The summed E-state index contributed by atoms with van der Waals surface area (Å²) in [6.45, 7) is 9.37. The van der Waals surface area contributed by atoms with Crippen LogP contribution in [0.25, 0.3) is 6.08 Å². The maximum atomic E-state index is 9.49. The van der Waals surface area contributed by atoms with Crippen LogP contribution in [0.2, 0.25) is 0 Å². The van der Waals surface area contributed by atoms with E-state index in [0.717, 1.165) is 31.7 Å². The molecule has 1 unspecified atom stereocenters. The molecule has 4 heteroatoms. The van der Waals surface area contributed by atoms with E-state index in [0.29, 0.717) is 23.2 Å². The van der Waals surface area contributed by atoms with Crippen LogP contribution in [0.4, 0.5) is 5.69 Å². The summed E-state index contributed by atoms with van der Waals surface area (Å²) in [6.07, 6.45) is 16.1. The fourth-order valence-electron chi connectivity index (χ4n) is 6.10. The van der Waals surface area contributed by atoms with E-state index in [4.69, 9.17) is 4.74 Å². The van der Waals surface area contributed by atoms with E-state index in [-0.39, 0.29) is 11.0 Å². The molecule has 4 nitrogen and oxygen atoms in total. The minimum absolute atomic E-state index is 0.140. The number of benzene rings is 1. The highest BCUT2D eigenvalue weighted by molar-refractivity contribution is 5.71. The Labute approximate surface area is 209 Å². The summed E-state index contributed by atoms with van der Waals surface area (Å²) in [5.41, 5.74) is 6.51. The van der Waals surface area contributed by atoms with Gasteiger partial charge in [0, 0.05) is 30.3 Å². The predicted octanol–water partition coefficient (Wildman–Crippen LogP) is 7.42. The van der Waals surface area contributed by atoms with Gasteiger partial charge in [0.15, 0.2) is 0 Å². The molecule has 1 saturated carbocycles. The molecule has 1 fully saturated rings. The Morgan fingerprint density at radius 1 is 1.03 bits per heavy atom. The third-order valence-corrected chi connectivity index (χ3v) is 8.37. The van der Waals surface area contributed by atoms with Crippen LogP contribution in [0.5, 0.6) is 0 Å². The van der Waals surface area contributed by atoms with Crippen molar-refractivity contribution >= 4 is 11.8 Å². The lowest BCUT2D eigenvalue weighted by molar-refractivity contribution is 0.229. The van der Waals surface area contributed by atoms with Crippen molar-refractivity contribution in [3.05, 3.63) is 69.7 Å². The Balaban J connectivity index is 1.50. The Bertz CT molecular complexity index is 1210. The van der Waals surface area contributed by atoms with Crippen molar-refractivity contribution in [2.24, 2.45) is 5.92 Å². The molecule has 4 aliphatic rings. The van der Waals surface area contributed by atoms with Crippen LogP contribution in [0.15, 0.2) is 53.0 Å². The largest absolute Gasteiger partial charge is 0.461 e. The van der Waals surface area contributed by atoms with Crippen molar-refractivity contribution in [2.45, 2.75) is 77.0 Å². The second-order valence-corrected chi connectivity index (χ2v) is 11.2. The first-order valence-electron chi connectivity index (χ1n) is 13.2. The Kier molecular flexibility index (Phi) is 6.33. The van der Waals surface area contributed by atoms with Gasteiger partial charge in [-0.2, -0.15) is 10.5 Å². The molecule has 35 heavy (non-hydrogen) atoms. The molecule has 0 aromatic heterocycles. The van der Waals surface area contributed by atoms with Crippen molar-refractivity contribution in [3.63, 3.8) is 0 Å². The van der Waals surface area contributed by atoms with Gasteiger partial charge < -0.3 is 9.64 Å². The van der Waals surface area contributed by atoms with Gasteiger partial charge in [0.05, 0.1) is 0 Å². The second kappa shape index (κ2) is 9.43. The monoisotopic (exact) mass is 465 g/mol. The van der Waals surface area contributed by atoms with Gasteiger partial charge in [0.1, 0.15) is 29.2 Å². The van der Waals surface area contributed by atoms with E-state index < -0.39 is 0 Å². The molecule has 3 aliphatic heterocycles. The normalized spacial score (nSPS) is 23.5. The highest BCUT2D eigenvalue weighted by atomic mass is 16.5. The van der Waals surface area contributed by atoms with Crippen molar-refractivity contribution in [1.82, 2.24) is 0 Å². The van der Waals surface area contributed by atoms with Crippen LogP contribution >= 0.6 is 0 Å². The minimum atomic E-state index is 0.140. The van der Waals surface area contributed by atoms with Crippen LogP contribution in [-0.4, -0.2) is 13.1 Å². The highest BCUT2D eigenvalue weighted by Gasteiger charge is 2.36. The first-order chi connectivity index (χ1) is 16.9. The van der Waals surface area contributed by atoms with Crippen LogP contribution in [-0.2, 0) is 10.2 Å². The zero-order valence-corrected chi connectivity index (χ0v) is 21.2. The van der Waals surface area contributed by atoms with Gasteiger partial charge in [-0.25, -0.2) is 0 Å². The van der Waals surface area contributed by atoms with Crippen LogP contribution < -0.4 is 4.90 Å². The van der Waals surface area contributed by atoms with Crippen LogP contribution in [0, 0.1) is 28.6 Å². The summed E-state index contributed by atoms with van der Waals surface area (Å²) in [4.78, 5) is 2.58. The van der Waals surface area contributed by atoms with E-state index in [1.807, 2.05) is 18.2 Å². The molecule has 0 bridgehead atoms. The summed E-state index contributed by atoms with van der Waals surface area (Å²) in [7, 11) is 0. The zero-order valence-electron chi connectivity index (χ0n) is 21.2. The maximum absolute atomic E-state index is 9.49. The molecule has 3 heterocycles. The van der Waals surface area contributed by atoms with Crippen molar-refractivity contribution < 1.29 is 4.74 Å². The number of ether oxygens (including phenoxy) is 1. The molecule has 5 rings (SSSR count). The van der Waals surface area contributed by atoms with Crippen LogP contribution in [0.3, 0.4) is 0 Å². The quantitative estimate of drug-likeness (QED) is 0.436. The topological polar surface area (TPSA) is 60.0 Å². The lowest BCUT2D eigenvalue weighted by Crippen LogP contribution is -2.41. The van der Waals surface area contributed by atoms with Crippen molar-refractivity contribution in [3.8, 4) is 12.1 Å². The maximum Gasteiger partial charge on any atom is 0.137 e. The second-order valence-electron chi connectivity index (χ2n) is 11.2. The van der Waals surface area contributed by atoms with Gasteiger partial charge in [-0.1, -0.05) is 46.1 Å². The smallest absolute Gasteiger partial charge is 0.137 e. The van der Waals surface area contributed by atoms with E-state index in [9.17, 15) is 10.5 Å². The average molecular weight is 466 g/mol. The molecule has 1 atom stereocenters. The van der Waals surface area contributed by atoms with Gasteiger partial charge in [-0.15, -0.1) is 0 Å². The lowest BCUT2D eigenvalue weighted by atomic mass is 9.73. The third kappa shape index (κ3) is 4.55. The van der Waals surface area contributed by atoms with Crippen molar-refractivity contribution in [2.75, 3.05) is 18.0 Å². The van der Waals surface area contributed by atoms with Gasteiger partial charge in [0.2, 0.25) is 0 Å². The standard InChI is InChI=1S/C31H35N3O/c1-21-11-13-34-14-12-31(2,3)28-16-22(15-27(21)30(28)34)9-10-26-17-24(25(19-32)20-33)18-29(35-26)23-7-5-4-6-8-23/h9-10,15-18,21,23H,4-8,11-14H2,1-3H3/b10-9+. The number of nitriles is 2. The molecule has 0 amide bonds. The summed E-state index contributed by atoms with van der Waals surface area (Å²) in [6, 6.07) is 8.82. The van der Waals surface area contributed by atoms with E-state index >= 15 is 0 Å². The molecular weight excluding hydrogens is 430 g/mol. The summed E-state index contributed by atoms with van der Waals surface area (Å²) in [5, 5.41) is 19.0. The van der Waals surface area contributed by atoms with Crippen LogP contribution in [0.1, 0.15) is 88.3 Å². The predicted molar refractivity (Wildman–Crippen MR) is 140 cm³/mol. The van der Waals surface area contributed by atoms with Gasteiger partial charge >= 0.3 is 0 Å². The number of anilines is 1. The molecule has 1 aromatic carbocycles. The SMILES string of the molecule is CC1CCN2CCC(C)(C)c3cc(/C=C/C4=CC(=C(C#N)C#N)C=C(C5CCCCC5)O4)cc1c32. The van der Waals surface area contributed by atoms with E-state index in [1.54, 1.807) is 0 Å². The number of rotatable bonds is 3. The third-order valence-electron chi connectivity index (χ3n) is 8.37. The Morgan fingerprint density at radius 2 is 1.80 bits per heavy atom. The molecule has 1 aromatic rings. The average Bonchev–Trinajstić information content (AvgIpc) is 2.87. The summed E-state index contributed by atoms with van der Waals surface area (Å²) >= 11 is 0. The fourth-order valence-corrected chi connectivity index (χ4v) is 6.10. The number of allylic oxidation sites excluding steroid dienone is 6. The number of nitrogens with zero attached hydrogens (tertiary/aromatic N) is 3. The molecular formula is C31H35N3O. The molecule has 0 spiro atoms. The highest BCUT2D eigenvalue weighted by Crippen LogP contribution is 2.47. The molecule has 1 aliphatic carbocycles. The van der Waals surface area contributed by atoms with Gasteiger partial charge in [-0.05, 0) is 84.1 Å².